The smallest absolute Gasteiger partial charge is 0.151 e. The molecule has 0 heterocycles. The molecule has 0 fully saturated rings. The first-order valence-corrected chi connectivity index (χ1v) is 6.20. The lowest BCUT2D eigenvalue weighted by Crippen LogP contribution is -2.35. The summed E-state index contributed by atoms with van der Waals surface area (Å²) in [5.74, 6) is 0.407. The van der Waals surface area contributed by atoms with E-state index in [0.29, 0.717) is 30.2 Å². The van der Waals surface area contributed by atoms with Crippen LogP contribution in [0.5, 0.6) is 5.75 Å². The lowest BCUT2D eigenvalue weighted by atomic mass is 10.2. The summed E-state index contributed by atoms with van der Waals surface area (Å²) in [6, 6.07) is 5.27. The largest absolute Gasteiger partial charge is 0.489 e. The van der Waals surface area contributed by atoms with E-state index in [2.05, 4.69) is 5.32 Å². The molecule has 100 valence electrons. The van der Waals surface area contributed by atoms with Crippen LogP contribution < -0.4 is 10.1 Å². The van der Waals surface area contributed by atoms with Gasteiger partial charge >= 0.3 is 0 Å². The maximum atomic E-state index is 10.7. The van der Waals surface area contributed by atoms with Gasteiger partial charge in [0.2, 0.25) is 0 Å². The fraction of sp³-hybridized carbons (Fsp3) is 0.462. The van der Waals surface area contributed by atoms with Crippen LogP contribution in [0.4, 0.5) is 0 Å². The Morgan fingerprint density at radius 3 is 2.83 bits per heavy atom. The van der Waals surface area contributed by atoms with Crippen molar-refractivity contribution >= 4 is 17.9 Å². The van der Waals surface area contributed by atoms with Gasteiger partial charge in [0, 0.05) is 18.2 Å². The number of aldehydes is 1. The van der Waals surface area contributed by atoms with Crippen molar-refractivity contribution in [1.29, 1.82) is 0 Å². The normalized spacial score (nSPS) is 12.5. The van der Waals surface area contributed by atoms with Gasteiger partial charge in [-0.25, -0.2) is 0 Å². The van der Waals surface area contributed by atoms with Crippen molar-refractivity contribution in [3.63, 3.8) is 0 Å². The summed E-state index contributed by atoms with van der Waals surface area (Å²) >= 11 is 5.97. The van der Waals surface area contributed by atoms with E-state index >= 15 is 0 Å². The summed E-state index contributed by atoms with van der Waals surface area (Å²) < 4.78 is 5.39. The Morgan fingerprint density at radius 1 is 1.50 bits per heavy atom. The Labute approximate surface area is 112 Å². The van der Waals surface area contributed by atoms with Crippen LogP contribution in [0.1, 0.15) is 24.2 Å². The molecule has 0 unspecified atom stereocenters. The minimum Gasteiger partial charge on any atom is -0.489 e. The second-order valence-corrected chi connectivity index (χ2v) is 4.68. The van der Waals surface area contributed by atoms with Crippen LogP contribution >= 0.6 is 11.6 Å². The molecule has 4 nitrogen and oxygen atoms in total. The third kappa shape index (κ3) is 4.64. The Bertz CT molecular complexity index is 396. The van der Waals surface area contributed by atoms with Gasteiger partial charge in [-0.3, -0.25) is 4.79 Å². The highest BCUT2D eigenvalue weighted by Crippen LogP contribution is 2.26. The average Bonchev–Trinajstić information content (AvgIpc) is 2.35. The van der Waals surface area contributed by atoms with Gasteiger partial charge in [-0.15, -0.1) is 0 Å². The van der Waals surface area contributed by atoms with Gasteiger partial charge in [-0.05, 0) is 12.1 Å². The van der Waals surface area contributed by atoms with E-state index in [4.69, 9.17) is 16.3 Å². The first-order chi connectivity index (χ1) is 8.54. The SMILES string of the molecule is CC(C)NC[C@H](O)COc1cccc(C=O)c1Cl. The third-order valence-corrected chi connectivity index (χ3v) is 2.72. The van der Waals surface area contributed by atoms with E-state index < -0.39 is 6.10 Å². The molecule has 1 aromatic carbocycles. The summed E-state index contributed by atoms with van der Waals surface area (Å²) in [6.07, 6.45) is 0.0507. The van der Waals surface area contributed by atoms with Gasteiger partial charge < -0.3 is 15.2 Å². The third-order valence-electron chi connectivity index (χ3n) is 2.31. The maximum Gasteiger partial charge on any atom is 0.151 e. The molecule has 2 N–H and O–H groups in total. The number of hydrogen-bond acceptors (Lipinski definition) is 4. The molecule has 0 radical (unpaired) electrons. The van der Waals surface area contributed by atoms with Crippen molar-refractivity contribution in [2.24, 2.45) is 0 Å². The van der Waals surface area contributed by atoms with Gasteiger partial charge in [-0.2, -0.15) is 0 Å². The Hall–Kier alpha value is -1.10. The molecular formula is C13H18ClNO3. The van der Waals surface area contributed by atoms with Crippen molar-refractivity contribution in [1.82, 2.24) is 5.32 Å². The van der Waals surface area contributed by atoms with Crippen molar-refractivity contribution in [3.8, 4) is 5.75 Å². The molecule has 1 atom stereocenters. The minimum atomic E-state index is -0.622. The molecular weight excluding hydrogens is 254 g/mol. The first kappa shape index (κ1) is 15.0. The molecule has 5 heteroatoms. The number of benzene rings is 1. The minimum absolute atomic E-state index is 0.127. The summed E-state index contributed by atoms with van der Waals surface area (Å²) in [5, 5.41) is 13.1. The van der Waals surface area contributed by atoms with E-state index in [1.165, 1.54) is 0 Å². The summed E-state index contributed by atoms with van der Waals surface area (Å²) in [5.41, 5.74) is 0.379. The van der Waals surface area contributed by atoms with E-state index in [0.717, 1.165) is 0 Å². The second kappa shape index (κ2) is 7.36. The Balaban J connectivity index is 2.50. The maximum absolute atomic E-state index is 10.7. The quantitative estimate of drug-likeness (QED) is 0.744. The molecule has 0 amide bonds. The molecule has 1 aromatic rings. The Kier molecular flexibility index (Phi) is 6.12. The number of carbonyl (C=O) groups excluding carboxylic acids is 1. The fourth-order valence-electron chi connectivity index (χ4n) is 1.35. The first-order valence-electron chi connectivity index (χ1n) is 5.82. The van der Waals surface area contributed by atoms with E-state index in [9.17, 15) is 9.90 Å². The molecule has 18 heavy (non-hydrogen) atoms. The van der Waals surface area contributed by atoms with Crippen molar-refractivity contribution < 1.29 is 14.6 Å². The number of aliphatic hydroxyl groups is 1. The molecule has 0 spiro atoms. The molecule has 0 aromatic heterocycles. The van der Waals surface area contributed by atoms with Gasteiger partial charge in [0.05, 0.1) is 5.02 Å². The van der Waals surface area contributed by atoms with Crippen LogP contribution in [-0.4, -0.2) is 36.7 Å². The molecule has 0 aliphatic carbocycles. The number of ether oxygens (including phenoxy) is 1. The summed E-state index contributed by atoms with van der Waals surface area (Å²) in [4.78, 5) is 10.7. The molecule has 0 saturated carbocycles. The van der Waals surface area contributed by atoms with Crippen molar-refractivity contribution in [2.45, 2.75) is 26.0 Å². The number of hydrogen-bond donors (Lipinski definition) is 2. The highest BCUT2D eigenvalue weighted by atomic mass is 35.5. The topological polar surface area (TPSA) is 58.6 Å². The predicted octanol–water partition coefficient (Wildman–Crippen LogP) is 1.89. The van der Waals surface area contributed by atoms with E-state index in [1.54, 1.807) is 18.2 Å². The van der Waals surface area contributed by atoms with Gasteiger partial charge in [0.15, 0.2) is 6.29 Å². The van der Waals surface area contributed by atoms with Crippen LogP contribution in [-0.2, 0) is 0 Å². The van der Waals surface area contributed by atoms with E-state index in [1.807, 2.05) is 13.8 Å². The molecule has 1 rings (SSSR count). The summed E-state index contributed by atoms with van der Waals surface area (Å²) in [6.45, 7) is 4.57. The number of rotatable bonds is 7. The van der Waals surface area contributed by atoms with Crippen LogP contribution in [0.15, 0.2) is 18.2 Å². The summed E-state index contributed by atoms with van der Waals surface area (Å²) in [7, 11) is 0. The van der Waals surface area contributed by atoms with Gasteiger partial charge in [-0.1, -0.05) is 31.5 Å². The molecule has 0 aliphatic heterocycles. The van der Waals surface area contributed by atoms with Crippen molar-refractivity contribution in [2.75, 3.05) is 13.2 Å². The second-order valence-electron chi connectivity index (χ2n) is 4.30. The standard InChI is InChI=1S/C13H18ClNO3/c1-9(2)15-6-11(17)8-18-12-5-3-4-10(7-16)13(12)14/h3-5,7,9,11,15,17H,6,8H2,1-2H3/t11-/m0/s1. The van der Waals surface area contributed by atoms with Crippen molar-refractivity contribution in [3.05, 3.63) is 28.8 Å². The molecule has 0 bridgehead atoms. The van der Waals surface area contributed by atoms with Crippen LogP contribution in [0.2, 0.25) is 5.02 Å². The highest BCUT2D eigenvalue weighted by molar-refractivity contribution is 6.34. The van der Waals surface area contributed by atoms with Gasteiger partial charge in [0.1, 0.15) is 18.5 Å². The lowest BCUT2D eigenvalue weighted by molar-refractivity contribution is 0.104. The zero-order valence-corrected chi connectivity index (χ0v) is 11.3. The number of nitrogens with one attached hydrogen (secondary N) is 1. The monoisotopic (exact) mass is 271 g/mol. The fourth-order valence-corrected chi connectivity index (χ4v) is 1.57. The molecule has 0 aliphatic rings. The van der Waals surface area contributed by atoms with Crippen LogP contribution in [0, 0.1) is 0 Å². The number of aliphatic hydroxyl groups excluding tert-OH is 1. The van der Waals surface area contributed by atoms with E-state index in [-0.39, 0.29) is 11.6 Å². The average molecular weight is 272 g/mol. The highest BCUT2D eigenvalue weighted by Gasteiger charge is 2.10. The predicted molar refractivity (Wildman–Crippen MR) is 71.5 cm³/mol. The number of carbonyl (C=O) groups is 1. The van der Waals surface area contributed by atoms with Crippen LogP contribution in [0.3, 0.4) is 0 Å². The molecule has 0 saturated heterocycles. The van der Waals surface area contributed by atoms with Gasteiger partial charge in [0.25, 0.3) is 0 Å². The zero-order valence-electron chi connectivity index (χ0n) is 10.5. The lowest BCUT2D eigenvalue weighted by Gasteiger charge is -2.15. The Morgan fingerprint density at radius 2 is 2.22 bits per heavy atom. The van der Waals surface area contributed by atoms with Crippen LogP contribution in [0.25, 0.3) is 0 Å². The number of halogens is 1. The zero-order chi connectivity index (χ0) is 13.5.